The molecule has 1 N–H and O–H groups in total. The lowest BCUT2D eigenvalue weighted by atomic mass is 10.0. The molecule has 1 aliphatic heterocycles. The fraction of sp³-hybridized carbons (Fsp3) is 0.118. The molecule has 0 aromatic heterocycles. The Hall–Kier alpha value is -2.75. The van der Waals surface area contributed by atoms with Gasteiger partial charge >= 0.3 is 5.97 Å². The number of rotatable bonds is 4. The number of benzene rings is 2. The van der Waals surface area contributed by atoms with E-state index in [1.54, 1.807) is 18.2 Å². The number of carbonyl (C=O) groups is 1. The minimum absolute atomic E-state index is 0.0595. The largest absolute Gasteiger partial charge is 0.508 e. The van der Waals surface area contributed by atoms with Gasteiger partial charge in [-0.05, 0) is 11.6 Å². The van der Waals surface area contributed by atoms with E-state index >= 15 is 0 Å². The summed E-state index contributed by atoms with van der Waals surface area (Å²) in [4.78, 5) is 11.7. The van der Waals surface area contributed by atoms with Gasteiger partial charge in [0.1, 0.15) is 30.3 Å². The molecule has 0 fully saturated rings. The van der Waals surface area contributed by atoms with Crippen molar-refractivity contribution in [1.29, 1.82) is 0 Å². The maximum absolute atomic E-state index is 11.7. The second-order valence-electron chi connectivity index (χ2n) is 4.67. The minimum Gasteiger partial charge on any atom is -0.508 e. The second kappa shape index (κ2) is 5.71. The third kappa shape index (κ3) is 2.74. The molecule has 0 saturated heterocycles. The Labute approximate surface area is 122 Å². The Morgan fingerprint density at radius 2 is 1.76 bits per heavy atom. The number of hydrogen-bond acceptors (Lipinski definition) is 4. The normalized spacial score (nSPS) is 14.2. The van der Waals surface area contributed by atoms with Gasteiger partial charge in [0.2, 0.25) is 0 Å². The van der Waals surface area contributed by atoms with Crippen LogP contribution in [0.25, 0.3) is 5.57 Å². The lowest BCUT2D eigenvalue weighted by Crippen LogP contribution is -2.03. The zero-order valence-corrected chi connectivity index (χ0v) is 11.3. The number of ether oxygens (including phenoxy) is 2. The van der Waals surface area contributed by atoms with Crippen molar-refractivity contribution < 1.29 is 19.4 Å². The van der Waals surface area contributed by atoms with Crippen LogP contribution >= 0.6 is 0 Å². The molecule has 4 nitrogen and oxygen atoms in total. The molecule has 0 atom stereocenters. The van der Waals surface area contributed by atoms with Gasteiger partial charge in [-0.15, -0.1) is 0 Å². The van der Waals surface area contributed by atoms with Crippen molar-refractivity contribution in [2.45, 2.75) is 6.61 Å². The Morgan fingerprint density at radius 3 is 2.48 bits per heavy atom. The van der Waals surface area contributed by atoms with Crippen LogP contribution in [0.4, 0.5) is 0 Å². The maximum atomic E-state index is 11.7. The van der Waals surface area contributed by atoms with Crippen molar-refractivity contribution in [3.8, 4) is 5.75 Å². The fourth-order valence-corrected chi connectivity index (χ4v) is 2.20. The fourth-order valence-electron chi connectivity index (χ4n) is 2.20. The summed E-state index contributed by atoms with van der Waals surface area (Å²) in [6.07, 6.45) is 0. The highest BCUT2D eigenvalue weighted by atomic mass is 16.5. The van der Waals surface area contributed by atoms with Crippen molar-refractivity contribution in [3.63, 3.8) is 0 Å². The highest BCUT2D eigenvalue weighted by Crippen LogP contribution is 2.32. The molecule has 0 saturated carbocycles. The molecule has 2 aromatic carbocycles. The number of aliphatic hydroxyl groups excluding tert-OH is 1. The van der Waals surface area contributed by atoms with Crippen LogP contribution in [0.3, 0.4) is 0 Å². The molecular formula is C17H14O4. The van der Waals surface area contributed by atoms with Gasteiger partial charge in [-0.2, -0.15) is 0 Å². The molecule has 106 valence electrons. The van der Waals surface area contributed by atoms with Crippen LogP contribution in [-0.2, 0) is 16.1 Å². The average Bonchev–Trinajstić information content (AvgIpc) is 2.85. The van der Waals surface area contributed by atoms with Crippen molar-refractivity contribution >= 4 is 11.5 Å². The topological polar surface area (TPSA) is 55.8 Å². The Balaban J connectivity index is 1.87. The molecule has 1 aliphatic rings. The zero-order chi connectivity index (χ0) is 14.7. The summed E-state index contributed by atoms with van der Waals surface area (Å²) in [5.41, 5.74) is 1.76. The summed E-state index contributed by atoms with van der Waals surface area (Å²) >= 11 is 0. The van der Waals surface area contributed by atoms with Crippen LogP contribution in [0.1, 0.15) is 11.1 Å². The molecule has 0 radical (unpaired) electrons. The summed E-state index contributed by atoms with van der Waals surface area (Å²) in [6, 6.07) is 16.8. The van der Waals surface area contributed by atoms with Crippen molar-refractivity contribution in [2.75, 3.05) is 6.61 Å². The molecule has 4 heteroatoms. The van der Waals surface area contributed by atoms with Crippen LogP contribution in [-0.4, -0.2) is 17.7 Å². The number of para-hydroxylation sites is 1. The Morgan fingerprint density at radius 1 is 1.05 bits per heavy atom. The van der Waals surface area contributed by atoms with Crippen LogP contribution in [0.5, 0.6) is 5.75 Å². The van der Waals surface area contributed by atoms with E-state index in [4.69, 9.17) is 9.47 Å². The number of aliphatic hydroxyl groups is 1. The lowest BCUT2D eigenvalue weighted by Gasteiger charge is -2.11. The van der Waals surface area contributed by atoms with Crippen molar-refractivity contribution in [3.05, 3.63) is 71.5 Å². The monoisotopic (exact) mass is 282 g/mol. The molecule has 21 heavy (non-hydrogen) atoms. The molecule has 1 heterocycles. The van der Waals surface area contributed by atoms with E-state index in [1.165, 1.54) is 0 Å². The number of hydrogen-bond donors (Lipinski definition) is 1. The highest BCUT2D eigenvalue weighted by molar-refractivity contribution is 6.19. The zero-order valence-electron chi connectivity index (χ0n) is 11.3. The highest BCUT2D eigenvalue weighted by Gasteiger charge is 2.28. The summed E-state index contributed by atoms with van der Waals surface area (Å²) in [5.74, 6) is -0.0409. The predicted molar refractivity (Wildman–Crippen MR) is 77.7 cm³/mol. The van der Waals surface area contributed by atoms with Crippen molar-refractivity contribution in [2.24, 2.45) is 0 Å². The number of carbonyl (C=O) groups excluding carboxylic acids is 1. The van der Waals surface area contributed by atoms with E-state index in [9.17, 15) is 9.90 Å². The van der Waals surface area contributed by atoms with Gasteiger partial charge in [0.15, 0.2) is 0 Å². The van der Waals surface area contributed by atoms with Gasteiger partial charge in [-0.1, -0.05) is 48.5 Å². The van der Waals surface area contributed by atoms with E-state index in [0.717, 1.165) is 5.56 Å². The molecule has 0 amide bonds. The predicted octanol–water partition coefficient (Wildman–Crippen LogP) is 3.09. The van der Waals surface area contributed by atoms with Gasteiger partial charge in [0, 0.05) is 5.56 Å². The molecule has 0 unspecified atom stereocenters. The Bertz CT molecular complexity index is 689. The maximum Gasteiger partial charge on any atom is 0.342 e. The van der Waals surface area contributed by atoms with Crippen molar-refractivity contribution in [1.82, 2.24) is 0 Å². The summed E-state index contributed by atoms with van der Waals surface area (Å²) in [7, 11) is 0. The first-order valence-electron chi connectivity index (χ1n) is 6.61. The van der Waals surface area contributed by atoms with Gasteiger partial charge in [-0.3, -0.25) is 0 Å². The van der Waals surface area contributed by atoms with Crippen LogP contribution < -0.4 is 4.74 Å². The van der Waals surface area contributed by atoms with E-state index in [2.05, 4.69) is 0 Å². The first-order valence-corrected chi connectivity index (χ1v) is 6.61. The minimum atomic E-state index is -0.525. The smallest absolute Gasteiger partial charge is 0.342 e. The molecule has 0 spiro atoms. The van der Waals surface area contributed by atoms with Gasteiger partial charge in [0.25, 0.3) is 0 Å². The van der Waals surface area contributed by atoms with E-state index in [0.29, 0.717) is 17.9 Å². The van der Waals surface area contributed by atoms with Crippen LogP contribution in [0.15, 0.2) is 60.4 Å². The number of esters is 1. The SMILES string of the molecule is O=C1OCC(O)=C1c1ccccc1OCc1ccccc1. The van der Waals surface area contributed by atoms with E-state index < -0.39 is 5.97 Å². The van der Waals surface area contributed by atoms with E-state index in [1.807, 2.05) is 36.4 Å². The molecular weight excluding hydrogens is 268 g/mol. The van der Waals surface area contributed by atoms with Gasteiger partial charge in [-0.25, -0.2) is 4.79 Å². The van der Waals surface area contributed by atoms with E-state index in [-0.39, 0.29) is 17.9 Å². The third-order valence-corrected chi connectivity index (χ3v) is 3.23. The summed E-state index contributed by atoms with van der Waals surface area (Å²) < 4.78 is 10.6. The lowest BCUT2D eigenvalue weighted by molar-refractivity contribution is -0.134. The molecule has 0 aliphatic carbocycles. The first-order chi connectivity index (χ1) is 10.3. The second-order valence-corrected chi connectivity index (χ2v) is 4.67. The van der Waals surface area contributed by atoms with Gasteiger partial charge < -0.3 is 14.6 Å². The standard InChI is InChI=1S/C17H14O4/c18-14-11-21-17(19)16(14)13-8-4-5-9-15(13)20-10-12-6-2-1-3-7-12/h1-9,18H,10-11H2. The summed E-state index contributed by atoms with van der Waals surface area (Å²) in [5, 5.41) is 9.80. The van der Waals surface area contributed by atoms with Crippen LogP contribution in [0, 0.1) is 0 Å². The third-order valence-electron chi connectivity index (χ3n) is 3.23. The average molecular weight is 282 g/mol. The Kier molecular flexibility index (Phi) is 3.60. The molecule has 0 bridgehead atoms. The molecule has 2 aromatic rings. The van der Waals surface area contributed by atoms with Crippen LogP contribution in [0.2, 0.25) is 0 Å². The quantitative estimate of drug-likeness (QED) is 0.875. The number of cyclic esters (lactones) is 1. The first kappa shape index (κ1) is 13.2. The summed E-state index contributed by atoms with van der Waals surface area (Å²) in [6.45, 7) is 0.308. The van der Waals surface area contributed by atoms with Gasteiger partial charge in [0.05, 0.1) is 0 Å². The molecule has 3 rings (SSSR count).